The molecule has 5 nitrogen and oxygen atoms in total. The molecule has 30 heavy (non-hydrogen) atoms. The van der Waals surface area contributed by atoms with Crippen molar-refractivity contribution in [2.24, 2.45) is 0 Å². The highest BCUT2D eigenvalue weighted by Crippen LogP contribution is 2.10. The average molecular weight is 422 g/mol. The molecular formula is C24H26ClN4O+. The molecule has 154 valence electrons. The fraction of sp³-hybridized carbons (Fsp3) is 0.250. The largest absolute Gasteiger partial charge is 0.328 e. The number of aromatic nitrogens is 2. The third-order valence-electron chi connectivity index (χ3n) is 5.38. The van der Waals surface area contributed by atoms with E-state index in [1.54, 1.807) is 12.3 Å². The number of quaternary nitrogens is 1. The van der Waals surface area contributed by atoms with Gasteiger partial charge in [-0.1, -0.05) is 54.1 Å². The van der Waals surface area contributed by atoms with Crippen LogP contribution in [0.2, 0.25) is 5.02 Å². The lowest BCUT2D eigenvalue weighted by atomic mass is 10.2. The van der Waals surface area contributed by atoms with Crippen molar-refractivity contribution >= 4 is 23.6 Å². The molecule has 1 amide bonds. The van der Waals surface area contributed by atoms with Gasteiger partial charge >= 0.3 is 0 Å². The molecule has 0 radical (unpaired) electrons. The second kappa shape index (κ2) is 9.74. The predicted octanol–water partition coefficient (Wildman–Crippen LogP) is 2.53. The minimum atomic E-state index is 0.0626. The Morgan fingerprint density at radius 1 is 1.07 bits per heavy atom. The summed E-state index contributed by atoms with van der Waals surface area (Å²) in [5.74, 6) is 0.0626. The van der Waals surface area contributed by atoms with Crippen LogP contribution in [-0.2, 0) is 17.9 Å². The van der Waals surface area contributed by atoms with E-state index in [1.165, 1.54) is 16.0 Å². The van der Waals surface area contributed by atoms with Crippen LogP contribution < -0.4 is 4.90 Å². The second-order valence-electron chi connectivity index (χ2n) is 7.67. The van der Waals surface area contributed by atoms with Gasteiger partial charge in [-0.3, -0.25) is 9.48 Å². The summed E-state index contributed by atoms with van der Waals surface area (Å²) in [4.78, 5) is 16.0. The van der Waals surface area contributed by atoms with Gasteiger partial charge in [-0.05, 0) is 23.8 Å². The normalized spacial score (nSPS) is 15.0. The van der Waals surface area contributed by atoms with Gasteiger partial charge in [0.1, 0.15) is 6.54 Å². The first kappa shape index (κ1) is 20.4. The number of hydrogen-bond acceptors (Lipinski definition) is 2. The molecule has 1 aliphatic rings. The average Bonchev–Trinajstić information content (AvgIpc) is 3.20. The van der Waals surface area contributed by atoms with Gasteiger partial charge in [0, 0.05) is 28.4 Å². The molecule has 3 aromatic rings. The van der Waals surface area contributed by atoms with Crippen LogP contribution in [-0.4, -0.2) is 46.8 Å². The zero-order valence-electron chi connectivity index (χ0n) is 16.9. The molecule has 1 aromatic heterocycles. The molecule has 0 atom stereocenters. The summed E-state index contributed by atoms with van der Waals surface area (Å²) >= 11 is 6.08. The topological polar surface area (TPSA) is 42.6 Å². The third kappa shape index (κ3) is 5.59. The second-order valence-corrected chi connectivity index (χ2v) is 8.11. The number of rotatable bonds is 6. The van der Waals surface area contributed by atoms with Crippen molar-refractivity contribution < 1.29 is 9.69 Å². The summed E-state index contributed by atoms with van der Waals surface area (Å²) in [6.45, 7) is 5.10. The van der Waals surface area contributed by atoms with E-state index in [4.69, 9.17) is 11.6 Å². The van der Waals surface area contributed by atoms with Crippen molar-refractivity contribution in [1.29, 1.82) is 0 Å². The molecule has 1 N–H and O–H groups in total. The molecule has 2 aromatic carbocycles. The zero-order chi connectivity index (χ0) is 20.8. The summed E-state index contributed by atoms with van der Waals surface area (Å²) in [6, 6.07) is 18.2. The highest BCUT2D eigenvalue weighted by atomic mass is 35.5. The van der Waals surface area contributed by atoms with Gasteiger partial charge in [0.2, 0.25) is 5.91 Å². The zero-order valence-corrected chi connectivity index (χ0v) is 17.6. The molecule has 1 fully saturated rings. The fourth-order valence-corrected chi connectivity index (χ4v) is 3.96. The molecule has 0 aliphatic carbocycles. The maximum Gasteiger partial charge on any atom is 0.246 e. The van der Waals surface area contributed by atoms with E-state index in [9.17, 15) is 4.79 Å². The standard InChI is InChI=1S/C24H25ClN4O/c25-23-8-4-7-21(15-23)17-27-11-13-28(14-12-27)24(30)10-9-22-16-26-29(19-22)18-20-5-2-1-3-6-20/h1-10,15-16,19H,11-14,17-18H2/p+1/b10-9+. The Bertz CT molecular complexity index is 1010. The molecule has 6 heteroatoms. The molecule has 0 unspecified atom stereocenters. The van der Waals surface area contributed by atoms with E-state index >= 15 is 0 Å². The van der Waals surface area contributed by atoms with Crippen molar-refractivity contribution in [3.63, 3.8) is 0 Å². The molecule has 4 rings (SSSR count). The number of benzene rings is 2. The lowest BCUT2D eigenvalue weighted by Gasteiger charge is -2.31. The summed E-state index contributed by atoms with van der Waals surface area (Å²) in [5.41, 5.74) is 3.37. The Morgan fingerprint density at radius 2 is 1.83 bits per heavy atom. The predicted molar refractivity (Wildman–Crippen MR) is 119 cm³/mol. The Hall–Kier alpha value is -2.89. The number of piperazine rings is 1. The van der Waals surface area contributed by atoms with Crippen molar-refractivity contribution in [1.82, 2.24) is 14.7 Å². The first-order chi connectivity index (χ1) is 14.7. The first-order valence-corrected chi connectivity index (χ1v) is 10.6. The maximum atomic E-state index is 12.6. The van der Waals surface area contributed by atoms with Gasteiger partial charge in [-0.15, -0.1) is 0 Å². The summed E-state index contributed by atoms with van der Waals surface area (Å²) in [6.07, 6.45) is 7.26. The number of nitrogens with zero attached hydrogens (tertiary/aromatic N) is 3. The van der Waals surface area contributed by atoms with Crippen LogP contribution in [0.25, 0.3) is 6.08 Å². The number of amides is 1. The third-order valence-corrected chi connectivity index (χ3v) is 5.62. The number of carbonyl (C=O) groups excluding carboxylic acids is 1. The molecular weight excluding hydrogens is 396 g/mol. The van der Waals surface area contributed by atoms with E-state index in [1.807, 2.05) is 58.3 Å². The van der Waals surface area contributed by atoms with E-state index in [2.05, 4.69) is 23.3 Å². The first-order valence-electron chi connectivity index (χ1n) is 10.3. The van der Waals surface area contributed by atoms with Gasteiger partial charge in [0.15, 0.2) is 0 Å². The summed E-state index contributed by atoms with van der Waals surface area (Å²) < 4.78 is 1.89. The monoisotopic (exact) mass is 421 g/mol. The van der Waals surface area contributed by atoms with Crippen LogP contribution in [0.1, 0.15) is 16.7 Å². The van der Waals surface area contributed by atoms with Crippen LogP contribution in [0.3, 0.4) is 0 Å². The summed E-state index contributed by atoms with van der Waals surface area (Å²) in [5, 5.41) is 5.16. The lowest BCUT2D eigenvalue weighted by molar-refractivity contribution is -0.917. The molecule has 2 heterocycles. The molecule has 0 bridgehead atoms. The Morgan fingerprint density at radius 3 is 2.60 bits per heavy atom. The van der Waals surface area contributed by atoms with Crippen molar-refractivity contribution in [2.45, 2.75) is 13.1 Å². The quantitative estimate of drug-likeness (QED) is 0.621. The number of nitrogens with one attached hydrogen (secondary N) is 1. The van der Waals surface area contributed by atoms with Crippen molar-refractivity contribution in [3.8, 4) is 0 Å². The maximum absolute atomic E-state index is 12.6. The van der Waals surface area contributed by atoms with Crippen LogP contribution >= 0.6 is 11.6 Å². The van der Waals surface area contributed by atoms with Crippen molar-refractivity contribution in [3.05, 3.63) is 94.8 Å². The molecule has 0 spiro atoms. The molecule has 1 aliphatic heterocycles. The van der Waals surface area contributed by atoms with Gasteiger partial charge in [-0.25, -0.2) is 0 Å². The Balaban J connectivity index is 1.26. The summed E-state index contributed by atoms with van der Waals surface area (Å²) in [7, 11) is 0. The Labute approximate surface area is 182 Å². The lowest BCUT2D eigenvalue weighted by Crippen LogP contribution is -3.13. The van der Waals surface area contributed by atoms with Crippen LogP contribution in [0.15, 0.2) is 73.1 Å². The van der Waals surface area contributed by atoms with Crippen LogP contribution in [0.5, 0.6) is 0 Å². The van der Waals surface area contributed by atoms with Crippen molar-refractivity contribution in [2.75, 3.05) is 26.2 Å². The SMILES string of the molecule is O=C(/C=C/c1cnn(Cc2ccccc2)c1)N1CC[NH+](Cc2cccc(Cl)c2)CC1. The minimum absolute atomic E-state index is 0.0626. The van der Waals surface area contributed by atoms with Gasteiger partial charge in [0.25, 0.3) is 0 Å². The van der Waals surface area contributed by atoms with Crippen LogP contribution in [0, 0.1) is 0 Å². The number of hydrogen-bond donors (Lipinski definition) is 1. The van der Waals surface area contributed by atoms with E-state index in [0.717, 1.165) is 49.9 Å². The number of carbonyl (C=O) groups is 1. The molecule has 1 saturated heterocycles. The number of halogens is 1. The Kier molecular flexibility index (Phi) is 6.62. The van der Waals surface area contributed by atoms with E-state index < -0.39 is 0 Å². The van der Waals surface area contributed by atoms with Gasteiger partial charge in [0.05, 0.1) is 38.9 Å². The van der Waals surface area contributed by atoms with Gasteiger partial charge < -0.3 is 9.80 Å². The van der Waals surface area contributed by atoms with E-state index in [-0.39, 0.29) is 5.91 Å². The fourth-order valence-electron chi connectivity index (χ4n) is 3.75. The van der Waals surface area contributed by atoms with Crippen LogP contribution in [0.4, 0.5) is 0 Å². The van der Waals surface area contributed by atoms with Gasteiger partial charge in [-0.2, -0.15) is 5.10 Å². The molecule has 0 saturated carbocycles. The van der Waals surface area contributed by atoms with E-state index in [0.29, 0.717) is 0 Å². The highest BCUT2D eigenvalue weighted by Gasteiger charge is 2.22. The highest BCUT2D eigenvalue weighted by molar-refractivity contribution is 6.30. The smallest absolute Gasteiger partial charge is 0.246 e. The minimum Gasteiger partial charge on any atom is -0.328 e.